The molecule has 0 amide bonds. The fourth-order valence-corrected chi connectivity index (χ4v) is 2.85. The Morgan fingerprint density at radius 3 is 2.60 bits per heavy atom. The molecule has 0 aliphatic carbocycles. The van der Waals surface area contributed by atoms with Gasteiger partial charge in [0, 0.05) is 6.07 Å². The Morgan fingerprint density at radius 2 is 1.95 bits per heavy atom. The highest BCUT2D eigenvalue weighted by Crippen LogP contribution is 2.23. The quantitative estimate of drug-likeness (QED) is 0.909. The Balaban J connectivity index is 2.32. The third kappa shape index (κ3) is 3.29. The Hall–Kier alpha value is -1.60. The van der Waals surface area contributed by atoms with Crippen LogP contribution in [0.2, 0.25) is 0 Å². The van der Waals surface area contributed by atoms with Crippen LogP contribution in [0, 0.1) is 5.82 Å². The van der Waals surface area contributed by atoms with E-state index >= 15 is 0 Å². The average Bonchev–Trinajstić information content (AvgIpc) is 2.41. The number of anilines is 1. The van der Waals surface area contributed by atoms with Gasteiger partial charge in [0.15, 0.2) is 0 Å². The van der Waals surface area contributed by atoms with E-state index in [4.69, 9.17) is 4.74 Å². The minimum Gasteiger partial charge on any atom is -0.497 e. The standard InChI is InChI=1S/C13H11BrFNO3S/c1-19-10-4-2-3-9(7-10)16-20(17,18)11-5-6-12(14)13(15)8-11/h2-8,16H,1H3. The normalized spacial score (nSPS) is 11.2. The van der Waals surface area contributed by atoms with Gasteiger partial charge in [0.1, 0.15) is 11.6 Å². The number of ether oxygens (including phenoxy) is 1. The second-order valence-corrected chi connectivity index (χ2v) is 6.45. The lowest BCUT2D eigenvalue weighted by molar-refractivity contribution is 0.415. The van der Waals surface area contributed by atoms with Crippen molar-refractivity contribution in [3.8, 4) is 5.75 Å². The van der Waals surface area contributed by atoms with Crippen molar-refractivity contribution < 1.29 is 17.5 Å². The fraction of sp³-hybridized carbons (Fsp3) is 0.0769. The molecule has 0 atom stereocenters. The maximum atomic E-state index is 13.4. The summed E-state index contributed by atoms with van der Waals surface area (Å²) in [4.78, 5) is -0.152. The number of methoxy groups -OCH3 is 1. The van der Waals surface area contributed by atoms with Crippen molar-refractivity contribution in [2.24, 2.45) is 0 Å². The van der Waals surface area contributed by atoms with Crippen molar-refractivity contribution in [2.45, 2.75) is 4.90 Å². The zero-order chi connectivity index (χ0) is 14.8. The molecule has 2 aromatic rings. The van der Waals surface area contributed by atoms with E-state index in [9.17, 15) is 12.8 Å². The molecule has 0 unspecified atom stereocenters. The van der Waals surface area contributed by atoms with E-state index < -0.39 is 15.8 Å². The van der Waals surface area contributed by atoms with Gasteiger partial charge in [-0.05, 0) is 46.3 Å². The van der Waals surface area contributed by atoms with Crippen molar-refractivity contribution in [1.82, 2.24) is 0 Å². The van der Waals surface area contributed by atoms with E-state index in [1.54, 1.807) is 18.2 Å². The summed E-state index contributed by atoms with van der Waals surface area (Å²) in [6.07, 6.45) is 0. The van der Waals surface area contributed by atoms with Gasteiger partial charge in [-0.3, -0.25) is 4.72 Å². The molecule has 7 heteroatoms. The van der Waals surface area contributed by atoms with Crippen LogP contribution < -0.4 is 9.46 Å². The molecule has 4 nitrogen and oxygen atoms in total. The largest absolute Gasteiger partial charge is 0.497 e. The first-order valence-corrected chi connectivity index (χ1v) is 7.82. The molecule has 2 rings (SSSR count). The van der Waals surface area contributed by atoms with Crippen LogP contribution in [0.25, 0.3) is 0 Å². The first-order valence-electron chi connectivity index (χ1n) is 5.54. The highest BCUT2D eigenvalue weighted by Gasteiger charge is 2.16. The Bertz CT molecular complexity index is 734. The molecule has 0 aliphatic heterocycles. The summed E-state index contributed by atoms with van der Waals surface area (Å²) in [5.74, 6) is -0.120. The monoisotopic (exact) mass is 359 g/mol. The summed E-state index contributed by atoms with van der Waals surface area (Å²) in [5.41, 5.74) is 0.340. The summed E-state index contributed by atoms with van der Waals surface area (Å²) in [6, 6.07) is 10.1. The van der Waals surface area contributed by atoms with Crippen LogP contribution in [0.1, 0.15) is 0 Å². The molecule has 0 bridgehead atoms. The van der Waals surface area contributed by atoms with Crippen LogP contribution in [-0.4, -0.2) is 15.5 Å². The Labute approximate surface area is 124 Å². The number of halogens is 2. The van der Waals surface area contributed by atoms with Crippen LogP contribution in [-0.2, 0) is 10.0 Å². The van der Waals surface area contributed by atoms with E-state index in [1.807, 2.05) is 0 Å². The lowest BCUT2D eigenvalue weighted by Crippen LogP contribution is -2.13. The molecule has 0 aliphatic rings. The smallest absolute Gasteiger partial charge is 0.261 e. The second kappa shape index (κ2) is 5.80. The Morgan fingerprint density at radius 1 is 1.20 bits per heavy atom. The van der Waals surface area contributed by atoms with E-state index in [0.717, 1.165) is 6.07 Å². The zero-order valence-electron chi connectivity index (χ0n) is 10.4. The van der Waals surface area contributed by atoms with Crippen LogP contribution in [0.15, 0.2) is 51.8 Å². The van der Waals surface area contributed by atoms with Crippen molar-refractivity contribution in [3.05, 3.63) is 52.8 Å². The van der Waals surface area contributed by atoms with Gasteiger partial charge < -0.3 is 4.74 Å². The SMILES string of the molecule is COc1cccc(NS(=O)(=O)c2ccc(Br)c(F)c2)c1. The van der Waals surface area contributed by atoms with Crippen molar-refractivity contribution in [2.75, 3.05) is 11.8 Å². The first-order chi connectivity index (χ1) is 9.42. The number of nitrogens with one attached hydrogen (secondary N) is 1. The Kier molecular flexibility index (Phi) is 4.29. The molecule has 1 N–H and O–H groups in total. The molecule has 106 valence electrons. The molecular weight excluding hydrogens is 349 g/mol. The molecule has 0 aromatic heterocycles. The molecule has 20 heavy (non-hydrogen) atoms. The predicted molar refractivity (Wildman–Crippen MR) is 77.9 cm³/mol. The predicted octanol–water partition coefficient (Wildman–Crippen LogP) is 3.40. The highest BCUT2D eigenvalue weighted by molar-refractivity contribution is 9.10. The molecule has 0 heterocycles. The van der Waals surface area contributed by atoms with Gasteiger partial charge in [-0.25, -0.2) is 12.8 Å². The number of hydrogen-bond donors (Lipinski definition) is 1. The molecule has 0 spiro atoms. The van der Waals surface area contributed by atoms with Crippen molar-refractivity contribution in [3.63, 3.8) is 0 Å². The summed E-state index contributed by atoms with van der Waals surface area (Å²) in [7, 11) is -2.36. The third-order valence-corrected chi connectivity index (χ3v) is 4.55. The van der Waals surface area contributed by atoms with Crippen molar-refractivity contribution >= 4 is 31.6 Å². The number of hydrogen-bond acceptors (Lipinski definition) is 3. The fourth-order valence-electron chi connectivity index (χ4n) is 1.54. The van der Waals surface area contributed by atoms with Gasteiger partial charge in [-0.2, -0.15) is 0 Å². The summed E-state index contributed by atoms with van der Waals surface area (Å²) < 4.78 is 45.3. The number of sulfonamides is 1. The van der Waals surface area contributed by atoms with Crippen LogP contribution in [0.3, 0.4) is 0 Å². The third-order valence-electron chi connectivity index (χ3n) is 2.52. The lowest BCUT2D eigenvalue weighted by Gasteiger charge is -2.09. The van der Waals surface area contributed by atoms with Gasteiger partial charge in [0.2, 0.25) is 0 Å². The van der Waals surface area contributed by atoms with Crippen LogP contribution in [0.5, 0.6) is 5.75 Å². The van der Waals surface area contributed by atoms with Gasteiger partial charge in [0.05, 0.1) is 22.2 Å². The van der Waals surface area contributed by atoms with Gasteiger partial charge >= 0.3 is 0 Å². The average molecular weight is 360 g/mol. The van der Waals surface area contributed by atoms with Gasteiger partial charge in [0.25, 0.3) is 10.0 Å². The summed E-state index contributed by atoms with van der Waals surface area (Å²) in [5, 5.41) is 0. The first kappa shape index (κ1) is 14.8. The number of benzene rings is 2. The van der Waals surface area contributed by atoms with Crippen LogP contribution >= 0.6 is 15.9 Å². The maximum Gasteiger partial charge on any atom is 0.261 e. The maximum absolute atomic E-state index is 13.4. The van der Waals surface area contributed by atoms with E-state index in [2.05, 4.69) is 20.7 Å². The molecule has 2 aromatic carbocycles. The molecule has 0 saturated heterocycles. The highest BCUT2D eigenvalue weighted by atomic mass is 79.9. The van der Waals surface area contributed by atoms with E-state index in [-0.39, 0.29) is 9.37 Å². The van der Waals surface area contributed by atoms with Crippen LogP contribution in [0.4, 0.5) is 10.1 Å². The zero-order valence-corrected chi connectivity index (χ0v) is 12.8. The van der Waals surface area contributed by atoms with E-state index in [1.165, 1.54) is 25.3 Å². The topological polar surface area (TPSA) is 55.4 Å². The minimum atomic E-state index is -3.84. The minimum absolute atomic E-state index is 0.152. The molecule has 0 fully saturated rings. The van der Waals surface area contributed by atoms with E-state index in [0.29, 0.717) is 11.4 Å². The van der Waals surface area contributed by atoms with Gasteiger partial charge in [-0.1, -0.05) is 6.07 Å². The lowest BCUT2D eigenvalue weighted by atomic mass is 10.3. The summed E-state index contributed by atoms with van der Waals surface area (Å²) in [6.45, 7) is 0. The van der Waals surface area contributed by atoms with Crippen molar-refractivity contribution in [1.29, 1.82) is 0 Å². The molecule has 0 radical (unpaired) electrons. The second-order valence-electron chi connectivity index (χ2n) is 3.91. The molecular formula is C13H11BrFNO3S. The number of rotatable bonds is 4. The summed E-state index contributed by atoms with van der Waals surface area (Å²) >= 11 is 2.98. The molecule has 0 saturated carbocycles. The van der Waals surface area contributed by atoms with Gasteiger partial charge in [-0.15, -0.1) is 0 Å².